The molecule has 1 aromatic carbocycles. The third-order valence-electron chi connectivity index (χ3n) is 4.45. The van der Waals surface area contributed by atoms with Gasteiger partial charge in [-0.3, -0.25) is 4.79 Å². The minimum atomic E-state index is -0.744. The molecule has 18 heavy (non-hydrogen) atoms. The number of carboxylic acids is 1. The van der Waals surface area contributed by atoms with E-state index in [1.165, 1.54) is 0 Å². The second kappa shape index (κ2) is 3.90. The maximum absolute atomic E-state index is 11.6. The molecule has 0 saturated heterocycles. The predicted molar refractivity (Wildman–Crippen MR) is 68.0 cm³/mol. The largest absolute Gasteiger partial charge is 0.508 e. The number of benzene rings is 1. The van der Waals surface area contributed by atoms with Crippen molar-refractivity contribution in [3.05, 3.63) is 23.8 Å². The molecule has 0 radical (unpaired) electrons. The van der Waals surface area contributed by atoms with Gasteiger partial charge in [-0.25, -0.2) is 0 Å². The molecule has 1 aliphatic heterocycles. The Labute approximate surface area is 106 Å². The van der Waals surface area contributed by atoms with Crippen molar-refractivity contribution < 1.29 is 15.0 Å². The van der Waals surface area contributed by atoms with E-state index in [1.807, 2.05) is 7.05 Å². The number of hydrogen-bond acceptors (Lipinski definition) is 3. The second-order valence-corrected chi connectivity index (χ2v) is 5.33. The van der Waals surface area contributed by atoms with Gasteiger partial charge in [-0.15, -0.1) is 0 Å². The van der Waals surface area contributed by atoms with Crippen LogP contribution in [-0.4, -0.2) is 29.3 Å². The van der Waals surface area contributed by atoms with Crippen molar-refractivity contribution in [2.75, 3.05) is 11.9 Å². The van der Waals surface area contributed by atoms with E-state index in [1.54, 1.807) is 18.2 Å². The molecule has 2 N–H and O–H groups in total. The molecule has 1 saturated carbocycles. The zero-order valence-corrected chi connectivity index (χ0v) is 10.3. The summed E-state index contributed by atoms with van der Waals surface area (Å²) in [5.41, 5.74) is 1.71. The zero-order chi connectivity index (χ0) is 12.9. The van der Waals surface area contributed by atoms with Gasteiger partial charge in [-0.2, -0.15) is 0 Å². The van der Waals surface area contributed by atoms with Gasteiger partial charge in [0.15, 0.2) is 0 Å². The number of phenols is 1. The molecule has 1 aliphatic carbocycles. The molecule has 4 heteroatoms. The van der Waals surface area contributed by atoms with E-state index in [2.05, 4.69) is 4.90 Å². The Bertz CT molecular complexity index is 500. The molecule has 3 rings (SSSR count). The molecule has 1 fully saturated rings. The lowest BCUT2D eigenvalue weighted by Crippen LogP contribution is -2.44. The molecule has 4 nitrogen and oxygen atoms in total. The molecule has 0 amide bonds. The summed E-state index contributed by atoms with van der Waals surface area (Å²) in [7, 11) is 2.00. The van der Waals surface area contributed by atoms with Crippen LogP contribution >= 0.6 is 0 Å². The van der Waals surface area contributed by atoms with Crippen molar-refractivity contribution in [1.82, 2.24) is 0 Å². The summed E-state index contributed by atoms with van der Waals surface area (Å²) in [6.45, 7) is 0. The van der Waals surface area contributed by atoms with Crippen LogP contribution in [0.3, 0.4) is 0 Å². The van der Waals surface area contributed by atoms with Gasteiger partial charge < -0.3 is 15.1 Å². The molecule has 0 aromatic heterocycles. The van der Waals surface area contributed by atoms with Crippen LogP contribution < -0.4 is 4.90 Å². The smallest absolute Gasteiger partial charge is 0.311 e. The number of nitrogens with zero attached hydrogens (tertiary/aromatic N) is 1. The molecule has 3 atom stereocenters. The second-order valence-electron chi connectivity index (χ2n) is 5.33. The van der Waals surface area contributed by atoms with E-state index in [0.29, 0.717) is 6.04 Å². The lowest BCUT2D eigenvalue weighted by molar-refractivity contribution is -0.140. The fraction of sp³-hybridized carbons (Fsp3) is 0.500. The zero-order valence-electron chi connectivity index (χ0n) is 10.3. The van der Waals surface area contributed by atoms with Crippen LogP contribution in [0.5, 0.6) is 5.75 Å². The molecule has 2 aliphatic rings. The Morgan fingerprint density at radius 3 is 2.89 bits per heavy atom. The average molecular weight is 247 g/mol. The summed E-state index contributed by atoms with van der Waals surface area (Å²) >= 11 is 0. The number of carboxylic acid groups (broad SMARTS) is 1. The number of rotatable bonds is 1. The van der Waals surface area contributed by atoms with E-state index >= 15 is 0 Å². The Morgan fingerprint density at radius 2 is 2.17 bits per heavy atom. The van der Waals surface area contributed by atoms with Crippen molar-refractivity contribution in [1.29, 1.82) is 0 Å². The lowest BCUT2D eigenvalue weighted by atomic mass is 9.78. The summed E-state index contributed by atoms with van der Waals surface area (Å²) in [6.07, 6.45) is 3.11. The van der Waals surface area contributed by atoms with Crippen molar-refractivity contribution in [2.24, 2.45) is 5.92 Å². The van der Waals surface area contributed by atoms with Crippen molar-refractivity contribution in [3.63, 3.8) is 0 Å². The standard InChI is InChI=1S/C14H17NO3/c1-15-11-4-2-3-9(11)13(14(17)18)10-6-5-8(16)7-12(10)15/h5-7,9,11,13,16H,2-4H2,1H3,(H,17,18). The van der Waals surface area contributed by atoms with Crippen LogP contribution in [0.1, 0.15) is 30.7 Å². The van der Waals surface area contributed by atoms with Crippen LogP contribution in [-0.2, 0) is 4.79 Å². The van der Waals surface area contributed by atoms with Gasteiger partial charge in [0.25, 0.3) is 0 Å². The highest BCUT2D eigenvalue weighted by Gasteiger charge is 2.45. The first-order chi connectivity index (χ1) is 8.59. The number of hydrogen-bond donors (Lipinski definition) is 2. The fourth-order valence-electron chi connectivity index (χ4n) is 3.66. The third-order valence-corrected chi connectivity index (χ3v) is 4.45. The first kappa shape index (κ1) is 11.4. The van der Waals surface area contributed by atoms with E-state index in [4.69, 9.17) is 0 Å². The number of phenolic OH excluding ortho intramolecular Hbond substituents is 1. The van der Waals surface area contributed by atoms with Crippen LogP contribution in [0, 0.1) is 5.92 Å². The topological polar surface area (TPSA) is 60.8 Å². The van der Waals surface area contributed by atoms with Gasteiger partial charge in [-0.05, 0) is 30.4 Å². The Balaban J connectivity index is 2.15. The molecular formula is C14H17NO3. The quantitative estimate of drug-likeness (QED) is 0.798. The third kappa shape index (κ3) is 1.48. The number of aromatic hydroxyl groups is 1. The van der Waals surface area contributed by atoms with Crippen molar-refractivity contribution in [3.8, 4) is 5.75 Å². The highest BCUT2D eigenvalue weighted by atomic mass is 16.4. The summed E-state index contributed by atoms with van der Waals surface area (Å²) in [5, 5.41) is 19.1. The molecule has 3 unspecified atom stereocenters. The van der Waals surface area contributed by atoms with Gasteiger partial charge in [0.05, 0.1) is 5.92 Å². The van der Waals surface area contributed by atoms with E-state index in [9.17, 15) is 15.0 Å². The minimum absolute atomic E-state index is 0.196. The van der Waals surface area contributed by atoms with Gasteiger partial charge >= 0.3 is 5.97 Å². The van der Waals surface area contributed by atoms with Gasteiger partial charge in [0.1, 0.15) is 5.75 Å². The number of anilines is 1. The summed E-state index contributed by atoms with van der Waals surface area (Å²) < 4.78 is 0. The lowest BCUT2D eigenvalue weighted by Gasteiger charge is -2.41. The minimum Gasteiger partial charge on any atom is -0.508 e. The molecule has 1 aromatic rings. The van der Waals surface area contributed by atoms with Crippen LogP contribution in [0.2, 0.25) is 0 Å². The van der Waals surface area contributed by atoms with Gasteiger partial charge in [-0.1, -0.05) is 12.5 Å². The maximum atomic E-state index is 11.6. The maximum Gasteiger partial charge on any atom is 0.311 e. The first-order valence-corrected chi connectivity index (χ1v) is 6.38. The molecule has 0 spiro atoms. The number of carbonyl (C=O) groups is 1. The first-order valence-electron chi connectivity index (χ1n) is 6.38. The van der Waals surface area contributed by atoms with Crippen LogP contribution in [0.15, 0.2) is 18.2 Å². The van der Waals surface area contributed by atoms with E-state index in [-0.39, 0.29) is 11.7 Å². The summed E-state index contributed by atoms with van der Waals surface area (Å²) in [6, 6.07) is 5.31. The van der Waals surface area contributed by atoms with Crippen LogP contribution in [0.4, 0.5) is 5.69 Å². The Hall–Kier alpha value is -1.71. The molecule has 0 bridgehead atoms. The SMILES string of the molecule is CN1c2cc(O)ccc2C(C(=O)O)C2CCCC21. The van der Waals surface area contributed by atoms with E-state index < -0.39 is 11.9 Å². The highest BCUT2D eigenvalue weighted by Crippen LogP contribution is 2.48. The average Bonchev–Trinajstić information content (AvgIpc) is 2.79. The summed E-state index contributed by atoms with van der Waals surface area (Å²) in [4.78, 5) is 13.7. The fourth-order valence-corrected chi connectivity index (χ4v) is 3.66. The van der Waals surface area contributed by atoms with Crippen molar-refractivity contribution >= 4 is 11.7 Å². The van der Waals surface area contributed by atoms with Crippen LogP contribution in [0.25, 0.3) is 0 Å². The van der Waals surface area contributed by atoms with E-state index in [0.717, 1.165) is 30.5 Å². The number of aliphatic carboxylic acids is 1. The predicted octanol–water partition coefficient (Wildman–Crippen LogP) is 2.18. The molecule has 1 heterocycles. The Kier molecular flexibility index (Phi) is 2.47. The molecule has 96 valence electrons. The normalized spacial score (nSPS) is 29.8. The monoisotopic (exact) mass is 247 g/mol. The summed E-state index contributed by atoms with van der Waals surface area (Å²) in [5.74, 6) is -0.776. The highest BCUT2D eigenvalue weighted by molar-refractivity contribution is 5.81. The van der Waals surface area contributed by atoms with Gasteiger partial charge in [0, 0.05) is 24.8 Å². The molecular weight excluding hydrogens is 230 g/mol. The van der Waals surface area contributed by atoms with Crippen molar-refractivity contribution in [2.45, 2.75) is 31.2 Å². The Morgan fingerprint density at radius 1 is 1.39 bits per heavy atom. The van der Waals surface area contributed by atoms with Gasteiger partial charge in [0.2, 0.25) is 0 Å². The number of fused-ring (bicyclic) bond motifs is 2.